The summed E-state index contributed by atoms with van der Waals surface area (Å²) < 4.78 is 1.91. The Morgan fingerprint density at radius 3 is 2.82 bits per heavy atom. The monoisotopic (exact) mass is 252 g/mol. The molecule has 1 heterocycles. The van der Waals surface area contributed by atoms with Crippen molar-refractivity contribution in [1.82, 2.24) is 15.1 Å². The molecule has 0 amide bonds. The molecule has 1 aromatic heterocycles. The maximum atomic E-state index is 5.32. The molecule has 0 bridgehead atoms. The van der Waals surface area contributed by atoms with Gasteiger partial charge in [0.05, 0.1) is 11.4 Å². The maximum absolute atomic E-state index is 5.32. The minimum Gasteiger partial charge on any atom is -0.360 e. The molecule has 0 unspecified atom stereocenters. The summed E-state index contributed by atoms with van der Waals surface area (Å²) in [6, 6.07) is 0.552. The van der Waals surface area contributed by atoms with Gasteiger partial charge < -0.3 is 10.6 Å². The smallest absolute Gasteiger partial charge is 0.171 e. The highest BCUT2D eigenvalue weighted by Gasteiger charge is 2.16. The molecule has 1 aliphatic carbocycles. The van der Waals surface area contributed by atoms with Crippen LogP contribution in [0.3, 0.4) is 0 Å². The molecular formula is C12H20N4S. The maximum Gasteiger partial charge on any atom is 0.171 e. The van der Waals surface area contributed by atoms with Gasteiger partial charge >= 0.3 is 0 Å². The second kappa shape index (κ2) is 5.49. The van der Waals surface area contributed by atoms with Crippen molar-refractivity contribution >= 4 is 23.0 Å². The average Bonchev–Trinajstić information content (AvgIpc) is 2.89. The Kier molecular flexibility index (Phi) is 3.99. The molecule has 4 nitrogen and oxygen atoms in total. The third-order valence-electron chi connectivity index (χ3n) is 3.21. The molecular weight excluding hydrogens is 232 g/mol. The van der Waals surface area contributed by atoms with Crippen molar-refractivity contribution < 1.29 is 0 Å². The van der Waals surface area contributed by atoms with E-state index in [9.17, 15) is 0 Å². The fourth-order valence-electron chi connectivity index (χ4n) is 2.22. The summed E-state index contributed by atoms with van der Waals surface area (Å²) in [6.45, 7) is 4.95. The minimum atomic E-state index is 0.552. The summed E-state index contributed by atoms with van der Waals surface area (Å²) in [5.74, 6) is 0. The largest absolute Gasteiger partial charge is 0.360 e. The first kappa shape index (κ1) is 12.4. The van der Waals surface area contributed by atoms with Crippen LogP contribution >= 0.6 is 12.2 Å². The molecule has 0 atom stereocenters. The Balaban J connectivity index is 1.90. The van der Waals surface area contributed by atoms with Crippen LogP contribution in [-0.4, -0.2) is 20.9 Å². The van der Waals surface area contributed by atoms with Crippen LogP contribution in [0.5, 0.6) is 0 Å². The van der Waals surface area contributed by atoms with Crippen LogP contribution in [0, 0.1) is 6.92 Å². The zero-order chi connectivity index (χ0) is 12.3. The van der Waals surface area contributed by atoms with Crippen molar-refractivity contribution in [2.24, 2.45) is 0 Å². The van der Waals surface area contributed by atoms with E-state index >= 15 is 0 Å². The van der Waals surface area contributed by atoms with E-state index in [0.717, 1.165) is 23.0 Å². The van der Waals surface area contributed by atoms with Crippen molar-refractivity contribution in [2.75, 3.05) is 5.32 Å². The summed E-state index contributed by atoms with van der Waals surface area (Å²) in [6.07, 6.45) is 7.09. The van der Waals surface area contributed by atoms with E-state index in [0.29, 0.717) is 6.04 Å². The molecule has 2 rings (SSSR count). The Hall–Kier alpha value is -1.10. The number of hydrogen-bond donors (Lipinski definition) is 2. The predicted molar refractivity (Wildman–Crippen MR) is 74.3 cm³/mol. The fraction of sp³-hybridized carbons (Fsp3) is 0.667. The number of aromatic nitrogens is 2. The van der Waals surface area contributed by atoms with Crippen LogP contribution < -0.4 is 10.6 Å². The molecule has 0 radical (unpaired) electrons. The molecule has 1 saturated carbocycles. The number of nitrogens with one attached hydrogen (secondary N) is 2. The lowest BCUT2D eigenvalue weighted by atomic mass is 10.2. The van der Waals surface area contributed by atoms with Gasteiger partial charge in [0.1, 0.15) is 0 Å². The van der Waals surface area contributed by atoms with Crippen molar-refractivity contribution in [3.63, 3.8) is 0 Å². The lowest BCUT2D eigenvalue weighted by Gasteiger charge is -2.15. The Morgan fingerprint density at radius 1 is 1.53 bits per heavy atom. The van der Waals surface area contributed by atoms with Gasteiger partial charge in [0.25, 0.3) is 0 Å². The van der Waals surface area contributed by atoms with Crippen molar-refractivity contribution in [3.8, 4) is 0 Å². The second-order valence-electron chi connectivity index (χ2n) is 4.56. The van der Waals surface area contributed by atoms with Gasteiger partial charge in [0.15, 0.2) is 5.11 Å². The van der Waals surface area contributed by atoms with Crippen LogP contribution in [0.15, 0.2) is 6.20 Å². The topological polar surface area (TPSA) is 41.9 Å². The summed E-state index contributed by atoms with van der Waals surface area (Å²) in [5.41, 5.74) is 1.99. The van der Waals surface area contributed by atoms with Gasteiger partial charge in [-0.3, -0.25) is 4.68 Å². The van der Waals surface area contributed by atoms with E-state index < -0.39 is 0 Å². The molecule has 1 aliphatic rings. The van der Waals surface area contributed by atoms with Crippen LogP contribution in [0.4, 0.5) is 5.69 Å². The van der Waals surface area contributed by atoms with E-state index in [-0.39, 0.29) is 0 Å². The van der Waals surface area contributed by atoms with Gasteiger partial charge in [-0.15, -0.1) is 0 Å². The van der Waals surface area contributed by atoms with E-state index in [1.54, 1.807) is 0 Å². The van der Waals surface area contributed by atoms with Crippen LogP contribution in [0.25, 0.3) is 0 Å². The lowest BCUT2D eigenvalue weighted by molar-refractivity contribution is 0.634. The number of aryl methyl sites for hydroxylation is 2. The van der Waals surface area contributed by atoms with Gasteiger partial charge in [-0.2, -0.15) is 5.10 Å². The molecule has 0 aromatic carbocycles. The molecule has 0 spiro atoms. The van der Waals surface area contributed by atoms with Gasteiger partial charge in [0, 0.05) is 18.8 Å². The van der Waals surface area contributed by atoms with Crippen LogP contribution in [-0.2, 0) is 6.54 Å². The van der Waals surface area contributed by atoms with Crippen molar-refractivity contribution in [1.29, 1.82) is 0 Å². The van der Waals surface area contributed by atoms with Crippen molar-refractivity contribution in [2.45, 2.75) is 52.1 Å². The van der Waals surface area contributed by atoms with Gasteiger partial charge in [-0.25, -0.2) is 0 Å². The Labute approximate surface area is 108 Å². The van der Waals surface area contributed by atoms with E-state index in [1.807, 2.05) is 17.8 Å². The number of anilines is 1. The summed E-state index contributed by atoms with van der Waals surface area (Å²) in [5, 5.41) is 11.7. The Bertz CT molecular complexity index is 393. The molecule has 2 N–H and O–H groups in total. The van der Waals surface area contributed by atoms with Crippen LogP contribution in [0.1, 0.15) is 38.3 Å². The highest BCUT2D eigenvalue weighted by molar-refractivity contribution is 7.80. The number of hydrogen-bond acceptors (Lipinski definition) is 2. The van der Waals surface area contributed by atoms with Gasteiger partial charge in [0.2, 0.25) is 0 Å². The number of rotatable bonds is 3. The van der Waals surface area contributed by atoms with Crippen LogP contribution in [0.2, 0.25) is 0 Å². The zero-order valence-corrected chi connectivity index (χ0v) is 11.3. The SMILES string of the molecule is CCn1cc(NC(=S)NC2CCCC2)c(C)n1. The standard InChI is InChI=1S/C12H20N4S/c1-3-16-8-11(9(2)15-16)14-12(17)13-10-6-4-5-7-10/h8,10H,3-7H2,1-2H3,(H2,13,14,17). The Morgan fingerprint density at radius 2 is 2.24 bits per heavy atom. The molecule has 0 saturated heterocycles. The third-order valence-corrected chi connectivity index (χ3v) is 3.43. The summed E-state index contributed by atoms with van der Waals surface area (Å²) >= 11 is 5.32. The second-order valence-corrected chi connectivity index (χ2v) is 4.97. The molecule has 0 aliphatic heterocycles. The van der Waals surface area contributed by atoms with E-state index in [1.165, 1.54) is 25.7 Å². The quantitative estimate of drug-likeness (QED) is 0.811. The predicted octanol–water partition coefficient (Wildman–Crippen LogP) is 2.44. The first-order valence-corrected chi connectivity index (χ1v) is 6.71. The molecule has 17 heavy (non-hydrogen) atoms. The molecule has 1 aromatic rings. The number of nitrogens with zero attached hydrogens (tertiary/aromatic N) is 2. The first-order chi connectivity index (χ1) is 8.19. The zero-order valence-electron chi connectivity index (χ0n) is 10.5. The minimum absolute atomic E-state index is 0.552. The van der Waals surface area contributed by atoms with Gasteiger partial charge in [-0.1, -0.05) is 12.8 Å². The third kappa shape index (κ3) is 3.19. The average molecular weight is 252 g/mol. The highest BCUT2D eigenvalue weighted by atomic mass is 32.1. The van der Waals surface area contributed by atoms with Crippen molar-refractivity contribution in [3.05, 3.63) is 11.9 Å². The summed E-state index contributed by atoms with van der Waals surface area (Å²) in [4.78, 5) is 0. The van der Waals surface area contributed by atoms with E-state index in [4.69, 9.17) is 12.2 Å². The summed E-state index contributed by atoms with van der Waals surface area (Å²) in [7, 11) is 0. The normalized spacial score (nSPS) is 16.1. The van der Waals surface area contributed by atoms with E-state index in [2.05, 4.69) is 22.7 Å². The number of thiocarbonyl (C=S) groups is 1. The lowest BCUT2D eigenvalue weighted by Crippen LogP contribution is -2.35. The highest BCUT2D eigenvalue weighted by Crippen LogP contribution is 2.18. The van der Waals surface area contributed by atoms with Gasteiger partial charge in [-0.05, 0) is 38.9 Å². The fourth-order valence-corrected chi connectivity index (χ4v) is 2.49. The molecule has 1 fully saturated rings. The molecule has 5 heteroatoms. The first-order valence-electron chi connectivity index (χ1n) is 6.30. The molecule has 94 valence electrons.